The fraction of sp³-hybridized carbons (Fsp3) is 0.346. The van der Waals surface area contributed by atoms with Crippen molar-refractivity contribution >= 4 is 23.7 Å². The third kappa shape index (κ3) is 5.01. The number of anilines is 1. The number of esters is 1. The molecule has 1 atom stereocenters. The molecule has 0 radical (unpaired) electrons. The molecule has 3 aromatic rings. The molecule has 1 N–H and O–H groups in total. The van der Waals surface area contributed by atoms with Crippen LogP contribution in [-0.2, 0) is 15.3 Å². The van der Waals surface area contributed by atoms with Crippen LogP contribution in [0.3, 0.4) is 0 Å². The molecule has 0 amide bonds. The van der Waals surface area contributed by atoms with Gasteiger partial charge in [-0.25, -0.2) is 13.9 Å². The second-order valence-electron chi connectivity index (χ2n) is 8.57. The van der Waals surface area contributed by atoms with Crippen LogP contribution in [0.25, 0.3) is 0 Å². The van der Waals surface area contributed by atoms with Crippen molar-refractivity contribution < 1.29 is 13.9 Å². The average molecular weight is 481 g/mol. The summed E-state index contributed by atoms with van der Waals surface area (Å²) < 4.78 is 21.3. The van der Waals surface area contributed by atoms with Crippen LogP contribution < -0.4 is 5.32 Å². The Balaban J connectivity index is 1.69. The number of hydrogen-bond donors (Lipinski definition) is 1. The van der Waals surface area contributed by atoms with Crippen LogP contribution in [0.2, 0.25) is 0 Å². The first-order valence-electron chi connectivity index (χ1n) is 11.5. The molecule has 1 aliphatic heterocycles. The number of hydrogen-bond acceptors (Lipinski definition) is 6. The molecule has 34 heavy (non-hydrogen) atoms. The molecule has 1 aromatic heterocycles. The summed E-state index contributed by atoms with van der Waals surface area (Å²) in [5.41, 5.74) is 3.92. The van der Waals surface area contributed by atoms with Gasteiger partial charge in [-0.3, -0.25) is 0 Å². The zero-order valence-electron chi connectivity index (χ0n) is 19.8. The highest BCUT2D eigenvalue weighted by Gasteiger charge is 2.35. The van der Waals surface area contributed by atoms with Crippen molar-refractivity contribution in [3.05, 3.63) is 82.3 Å². The van der Waals surface area contributed by atoms with E-state index in [-0.39, 0.29) is 11.8 Å². The molecule has 2 aromatic carbocycles. The molecular weight excluding hydrogens is 451 g/mol. The minimum atomic E-state index is -0.475. The van der Waals surface area contributed by atoms with Gasteiger partial charge in [-0.2, -0.15) is 4.98 Å². The van der Waals surface area contributed by atoms with Crippen LogP contribution in [0, 0.1) is 5.82 Å². The first kappa shape index (κ1) is 24.0. The summed E-state index contributed by atoms with van der Waals surface area (Å²) in [5.74, 6) is 0.724. The number of ether oxygens (including phenoxy) is 1. The molecule has 1 unspecified atom stereocenters. The summed E-state index contributed by atoms with van der Waals surface area (Å²) in [7, 11) is 0. The van der Waals surface area contributed by atoms with Gasteiger partial charge in [0.1, 0.15) is 11.9 Å². The van der Waals surface area contributed by atoms with Gasteiger partial charge >= 0.3 is 5.97 Å². The van der Waals surface area contributed by atoms with E-state index in [0.717, 1.165) is 12.0 Å². The number of aromatic nitrogens is 3. The summed E-state index contributed by atoms with van der Waals surface area (Å²) >= 11 is 1.35. The van der Waals surface area contributed by atoms with E-state index in [0.29, 0.717) is 46.2 Å². The SMILES string of the molecule is CCCOC(=O)C1=C(C)Nc2nc(SCc3ccccc3F)nn2C1c1ccc(C(C)C)cc1. The Morgan fingerprint density at radius 1 is 1.21 bits per heavy atom. The van der Waals surface area contributed by atoms with Crippen molar-refractivity contribution in [2.24, 2.45) is 0 Å². The van der Waals surface area contributed by atoms with E-state index in [1.807, 2.05) is 32.0 Å². The lowest BCUT2D eigenvalue weighted by Gasteiger charge is -2.28. The fourth-order valence-corrected chi connectivity index (χ4v) is 4.67. The van der Waals surface area contributed by atoms with Gasteiger partial charge in [-0.15, -0.1) is 5.10 Å². The molecule has 8 heteroatoms. The second kappa shape index (κ2) is 10.4. The number of nitrogens with zero attached hydrogens (tertiary/aromatic N) is 3. The van der Waals surface area contributed by atoms with Crippen molar-refractivity contribution in [1.82, 2.24) is 14.8 Å². The molecule has 4 rings (SSSR count). The quantitative estimate of drug-likeness (QED) is 0.311. The normalized spacial score (nSPS) is 15.3. The third-order valence-electron chi connectivity index (χ3n) is 5.72. The highest BCUT2D eigenvalue weighted by molar-refractivity contribution is 7.98. The third-order valence-corrected chi connectivity index (χ3v) is 6.61. The van der Waals surface area contributed by atoms with E-state index >= 15 is 0 Å². The Morgan fingerprint density at radius 3 is 2.62 bits per heavy atom. The second-order valence-corrected chi connectivity index (χ2v) is 9.51. The van der Waals surface area contributed by atoms with Gasteiger partial charge in [0.25, 0.3) is 0 Å². The van der Waals surface area contributed by atoms with Gasteiger partial charge in [0.15, 0.2) is 0 Å². The molecule has 2 heterocycles. The smallest absolute Gasteiger partial charge is 0.338 e. The number of rotatable bonds is 8. The lowest BCUT2D eigenvalue weighted by molar-refractivity contribution is -0.139. The van der Waals surface area contributed by atoms with Crippen molar-refractivity contribution in [3.63, 3.8) is 0 Å². The molecule has 1 aliphatic rings. The molecule has 178 valence electrons. The lowest BCUT2D eigenvalue weighted by atomic mass is 9.93. The minimum absolute atomic E-state index is 0.251. The fourth-order valence-electron chi connectivity index (χ4n) is 3.86. The van der Waals surface area contributed by atoms with E-state index in [4.69, 9.17) is 9.84 Å². The Bertz CT molecular complexity index is 1200. The molecule has 6 nitrogen and oxygen atoms in total. The molecule has 0 aliphatic carbocycles. The van der Waals surface area contributed by atoms with E-state index in [1.54, 1.807) is 16.8 Å². The maximum atomic E-state index is 14.1. The van der Waals surface area contributed by atoms with Gasteiger partial charge in [0.2, 0.25) is 11.1 Å². The molecule has 0 saturated carbocycles. The van der Waals surface area contributed by atoms with Crippen molar-refractivity contribution in [3.8, 4) is 0 Å². The van der Waals surface area contributed by atoms with Gasteiger partial charge in [0.05, 0.1) is 12.2 Å². The van der Waals surface area contributed by atoms with Gasteiger partial charge < -0.3 is 10.1 Å². The zero-order chi connectivity index (χ0) is 24.2. The Hall–Kier alpha value is -3.13. The summed E-state index contributed by atoms with van der Waals surface area (Å²) in [5, 5.41) is 8.41. The average Bonchev–Trinajstić information content (AvgIpc) is 3.23. The zero-order valence-corrected chi connectivity index (χ0v) is 20.7. The van der Waals surface area contributed by atoms with Crippen molar-refractivity contribution in [2.75, 3.05) is 11.9 Å². The standard InChI is InChI=1S/C26H29FN4O2S/c1-5-14-33-24(32)22-17(4)28-25-29-26(34-15-20-8-6-7-9-21(20)27)30-31(25)23(22)19-12-10-18(11-13-19)16(2)3/h6-13,16,23H,5,14-15H2,1-4H3,(H,28,29,30). The maximum Gasteiger partial charge on any atom is 0.338 e. The van der Waals surface area contributed by atoms with Crippen LogP contribution in [0.5, 0.6) is 0 Å². The Kier molecular flexibility index (Phi) is 7.36. The number of nitrogens with one attached hydrogen (secondary N) is 1. The Labute approximate surface area is 203 Å². The number of halogens is 1. The predicted octanol–water partition coefficient (Wildman–Crippen LogP) is 6.08. The van der Waals surface area contributed by atoms with E-state index < -0.39 is 6.04 Å². The van der Waals surface area contributed by atoms with Crippen LogP contribution in [0.15, 0.2) is 65.0 Å². The van der Waals surface area contributed by atoms with Crippen molar-refractivity contribution in [2.45, 2.75) is 57.0 Å². The number of benzene rings is 2. The number of allylic oxidation sites excluding steroid dienone is 1. The van der Waals surface area contributed by atoms with E-state index in [2.05, 4.69) is 36.3 Å². The Morgan fingerprint density at radius 2 is 1.94 bits per heavy atom. The van der Waals surface area contributed by atoms with Gasteiger partial charge in [0, 0.05) is 11.4 Å². The summed E-state index contributed by atoms with van der Waals surface area (Å²) in [6.07, 6.45) is 0.741. The van der Waals surface area contributed by atoms with Gasteiger partial charge in [-0.1, -0.05) is 75.0 Å². The number of carbonyl (C=O) groups is 1. The molecule has 0 saturated heterocycles. The number of fused-ring (bicyclic) bond motifs is 1. The number of thioether (sulfide) groups is 1. The molecule has 0 spiro atoms. The van der Waals surface area contributed by atoms with Gasteiger partial charge in [-0.05, 0) is 42.0 Å². The summed E-state index contributed by atoms with van der Waals surface area (Å²) in [6.45, 7) is 8.45. The summed E-state index contributed by atoms with van der Waals surface area (Å²) in [6, 6.07) is 14.4. The first-order chi connectivity index (χ1) is 16.4. The van der Waals surface area contributed by atoms with Crippen LogP contribution in [0.4, 0.5) is 10.3 Å². The van der Waals surface area contributed by atoms with Crippen molar-refractivity contribution in [1.29, 1.82) is 0 Å². The maximum absolute atomic E-state index is 14.1. The monoisotopic (exact) mass is 480 g/mol. The van der Waals surface area contributed by atoms with E-state index in [1.165, 1.54) is 23.4 Å². The molecule has 0 fully saturated rings. The highest BCUT2D eigenvalue weighted by Crippen LogP contribution is 2.37. The largest absolute Gasteiger partial charge is 0.462 e. The first-order valence-corrected chi connectivity index (χ1v) is 12.4. The van der Waals surface area contributed by atoms with Crippen LogP contribution in [0.1, 0.15) is 62.8 Å². The minimum Gasteiger partial charge on any atom is -0.462 e. The topological polar surface area (TPSA) is 69.0 Å². The highest BCUT2D eigenvalue weighted by atomic mass is 32.2. The van der Waals surface area contributed by atoms with E-state index in [9.17, 15) is 9.18 Å². The summed E-state index contributed by atoms with van der Waals surface area (Å²) in [4.78, 5) is 17.7. The van der Waals surface area contributed by atoms with Crippen LogP contribution in [-0.4, -0.2) is 27.3 Å². The van der Waals surface area contributed by atoms with Crippen LogP contribution >= 0.6 is 11.8 Å². The molecule has 0 bridgehead atoms. The molecular formula is C26H29FN4O2S. The predicted molar refractivity (Wildman–Crippen MR) is 132 cm³/mol. The number of carbonyl (C=O) groups excluding carboxylic acids is 1. The lowest BCUT2D eigenvalue weighted by Crippen LogP contribution is -2.29.